The van der Waals surface area contributed by atoms with E-state index >= 15 is 0 Å². The van der Waals surface area contributed by atoms with Gasteiger partial charge in [0, 0.05) is 0 Å². The number of hydrogen-bond acceptors (Lipinski definition) is 0. The molecule has 0 fully saturated rings. The first-order chi connectivity index (χ1) is 11.6. The van der Waals surface area contributed by atoms with Gasteiger partial charge in [0.1, 0.15) is 0 Å². The van der Waals surface area contributed by atoms with Gasteiger partial charge in [-0.15, -0.1) is 0 Å². The van der Waals surface area contributed by atoms with Gasteiger partial charge in [-0.3, -0.25) is 0 Å². The number of hydrogen-bond donors (Lipinski definition) is 0. The first-order valence-electron chi connectivity index (χ1n) is 7.84. The molecule has 0 unspecified atom stereocenters. The number of halogens is 6. The van der Waals surface area contributed by atoms with Gasteiger partial charge in [-0.1, -0.05) is 0 Å². The van der Waals surface area contributed by atoms with Crippen LogP contribution in [0.2, 0.25) is 4.44 Å². The second-order valence-electron chi connectivity index (χ2n) is 5.74. The Morgan fingerprint density at radius 2 is 1.19 bits per heavy atom. The van der Waals surface area contributed by atoms with Crippen molar-refractivity contribution in [3.05, 3.63) is 59.7 Å². The van der Waals surface area contributed by atoms with Crippen LogP contribution < -0.4 is 7.16 Å². The number of alkyl halides is 6. The quantitative estimate of drug-likeness (QED) is 0.448. The van der Waals surface area contributed by atoms with Gasteiger partial charge in [-0.05, 0) is 0 Å². The van der Waals surface area contributed by atoms with Gasteiger partial charge >= 0.3 is 149 Å². The van der Waals surface area contributed by atoms with Gasteiger partial charge in [0.2, 0.25) is 0 Å². The van der Waals surface area contributed by atoms with Crippen molar-refractivity contribution >= 4 is 26.9 Å². The van der Waals surface area contributed by atoms with Gasteiger partial charge in [-0.25, -0.2) is 0 Å². The SMILES string of the molecule is CCC[CH2][Sn]([c]1cccc(C(F)(F)F)c1)[c]1cccc(C(F)(F)F)c1.O. The fourth-order valence-corrected chi connectivity index (χ4v) is 10.8. The fraction of sp³-hybridized carbons (Fsp3) is 0.333. The Labute approximate surface area is 155 Å². The average Bonchev–Trinajstić information content (AvgIpc) is 2.54. The molecule has 0 aliphatic carbocycles. The Kier molecular flexibility index (Phi) is 8.01. The maximum absolute atomic E-state index is 13.0. The molecule has 0 heterocycles. The molecule has 0 amide bonds. The molecule has 26 heavy (non-hydrogen) atoms. The van der Waals surface area contributed by atoms with E-state index in [1.807, 2.05) is 6.92 Å². The van der Waals surface area contributed by atoms with Gasteiger partial charge in [0.25, 0.3) is 0 Å². The Hall–Kier alpha value is -1.22. The minimum atomic E-state index is -4.46. The summed E-state index contributed by atoms with van der Waals surface area (Å²) >= 11 is -2.86. The van der Waals surface area contributed by atoms with Crippen molar-refractivity contribution in [1.82, 2.24) is 0 Å². The van der Waals surface area contributed by atoms with E-state index in [1.165, 1.54) is 12.1 Å². The van der Waals surface area contributed by atoms with Crippen molar-refractivity contribution in [3.63, 3.8) is 0 Å². The molecular formula is C18H19F6OSn. The number of benzene rings is 2. The standard InChI is InChI=1S/2C7H4F3.C4H9.H2O.Sn/c2*8-7(9,10)6-4-2-1-3-5-6;1-3-4-2;;/h2*1-2,4-5H;1,3-4H2,2H3;1H2;. The number of rotatable bonds is 5. The van der Waals surface area contributed by atoms with E-state index in [4.69, 9.17) is 0 Å². The molecular weight excluding hydrogens is 465 g/mol. The number of unbranched alkanes of at least 4 members (excludes halogenated alkanes) is 1. The molecule has 2 N–H and O–H groups in total. The van der Waals surface area contributed by atoms with Crippen molar-refractivity contribution in [1.29, 1.82) is 0 Å². The summed E-state index contributed by atoms with van der Waals surface area (Å²) in [5.74, 6) is 0. The van der Waals surface area contributed by atoms with Gasteiger partial charge < -0.3 is 5.48 Å². The van der Waals surface area contributed by atoms with E-state index < -0.39 is 43.2 Å². The third-order valence-electron chi connectivity index (χ3n) is 3.86. The summed E-state index contributed by atoms with van der Waals surface area (Å²) in [7, 11) is 0. The summed E-state index contributed by atoms with van der Waals surface area (Å²) < 4.78 is 79.7. The molecule has 0 spiro atoms. The normalized spacial score (nSPS) is 12.2. The molecule has 143 valence electrons. The first kappa shape index (κ1) is 22.8. The van der Waals surface area contributed by atoms with Crippen LogP contribution in [0.3, 0.4) is 0 Å². The van der Waals surface area contributed by atoms with Crippen molar-refractivity contribution in [3.8, 4) is 0 Å². The molecule has 2 aromatic rings. The van der Waals surface area contributed by atoms with Crippen LogP contribution in [-0.2, 0) is 12.4 Å². The monoisotopic (exact) mass is 485 g/mol. The fourth-order valence-electron chi connectivity index (χ4n) is 2.58. The Morgan fingerprint density at radius 3 is 1.54 bits per heavy atom. The topological polar surface area (TPSA) is 31.5 Å². The zero-order chi connectivity index (χ0) is 18.7. The smallest absolute Gasteiger partial charge is 0.412 e. The summed E-state index contributed by atoms with van der Waals surface area (Å²) in [6.07, 6.45) is -7.27. The zero-order valence-electron chi connectivity index (χ0n) is 14.0. The predicted molar refractivity (Wildman–Crippen MR) is 91.2 cm³/mol. The van der Waals surface area contributed by atoms with Gasteiger partial charge in [0.05, 0.1) is 0 Å². The van der Waals surface area contributed by atoms with Crippen LogP contribution in [0.1, 0.15) is 30.9 Å². The second-order valence-corrected chi connectivity index (χ2v) is 13.2. The Balaban J connectivity index is 0.00000338. The molecule has 0 saturated heterocycles. The van der Waals surface area contributed by atoms with Crippen LogP contribution in [0.25, 0.3) is 0 Å². The minimum absolute atomic E-state index is 0. The van der Waals surface area contributed by atoms with Gasteiger partial charge in [-0.2, -0.15) is 0 Å². The van der Waals surface area contributed by atoms with Gasteiger partial charge in [0.15, 0.2) is 0 Å². The minimum Gasteiger partial charge on any atom is -0.412 e. The Bertz CT molecular complexity index is 654. The molecule has 8 heteroatoms. The van der Waals surface area contributed by atoms with Crippen molar-refractivity contribution in [2.45, 2.75) is 36.6 Å². The molecule has 2 aromatic carbocycles. The molecule has 0 atom stereocenters. The summed E-state index contributed by atoms with van der Waals surface area (Å²) in [6, 6.07) is 10.2. The van der Waals surface area contributed by atoms with E-state index in [0.29, 0.717) is 11.6 Å². The summed E-state index contributed by atoms with van der Waals surface area (Å²) in [6.45, 7) is 1.96. The van der Waals surface area contributed by atoms with Crippen LogP contribution in [0.15, 0.2) is 48.5 Å². The third-order valence-corrected chi connectivity index (χ3v) is 12.0. The molecule has 1 radical (unpaired) electrons. The molecule has 0 aromatic heterocycles. The van der Waals surface area contributed by atoms with Crippen LogP contribution in [0, 0.1) is 0 Å². The second kappa shape index (κ2) is 9.12. The third kappa shape index (κ3) is 5.90. The van der Waals surface area contributed by atoms with Crippen LogP contribution in [0.4, 0.5) is 26.3 Å². The molecule has 0 saturated carbocycles. The summed E-state index contributed by atoms with van der Waals surface area (Å²) in [5.41, 5.74) is -1.49. The van der Waals surface area contributed by atoms with Crippen molar-refractivity contribution in [2.75, 3.05) is 0 Å². The maximum atomic E-state index is 13.0. The van der Waals surface area contributed by atoms with E-state index in [-0.39, 0.29) is 5.48 Å². The average molecular weight is 484 g/mol. The largest absolute Gasteiger partial charge is 0.412 e. The summed E-state index contributed by atoms with van der Waals surface area (Å²) in [4.78, 5) is 0. The van der Waals surface area contributed by atoms with Crippen LogP contribution >= 0.6 is 0 Å². The summed E-state index contributed by atoms with van der Waals surface area (Å²) in [5, 5.41) is 0. The first-order valence-corrected chi connectivity index (χ1v) is 12.7. The van der Waals surface area contributed by atoms with E-state index in [1.54, 1.807) is 12.1 Å². The van der Waals surface area contributed by atoms with E-state index in [2.05, 4.69) is 0 Å². The molecule has 1 nitrogen and oxygen atoms in total. The van der Waals surface area contributed by atoms with Crippen molar-refractivity contribution < 1.29 is 31.8 Å². The van der Waals surface area contributed by atoms with Crippen LogP contribution in [-0.4, -0.2) is 25.2 Å². The molecule has 0 bridgehead atoms. The maximum Gasteiger partial charge on any atom is -0.412 e. The molecule has 2 rings (SSSR count). The zero-order valence-corrected chi connectivity index (χ0v) is 16.9. The van der Waals surface area contributed by atoms with Crippen molar-refractivity contribution in [2.24, 2.45) is 0 Å². The predicted octanol–water partition coefficient (Wildman–Crippen LogP) is 4.31. The van der Waals surface area contributed by atoms with E-state index in [9.17, 15) is 26.3 Å². The van der Waals surface area contributed by atoms with Crippen LogP contribution in [0.5, 0.6) is 0 Å². The van der Waals surface area contributed by atoms with E-state index in [0.717, 1.165) is 37.1 Å². The molecule has 0 aliphatic rings. The Morgan fingerprint density at radius 1 is 0.769 bits per heavy atom. The molecule has 0 aliphatic heterocycles.